The monoisotopic (exact) mass is 305 g/mol. The molecular formula is C15H19N3O2S. The summed E-state index contributed by atoms with van der Waals surface area (Å²) in [5.41, 5.74) is 1.18. The normalized spacial score (nSPS) is 22.4. The van der Waals surface area contributed by atoms with E-state index in [4.69, 9.17) is 0 Å². The lowest BCUT2D eigenvalue weighted by atomic mass is 9.84. The van der Waals surface area contributed by atoms with E-state index in [2.05, 4.69) is 29.1 Å². The summed E-state index contributed by atoms with van der Waals surface area (Å²) < 4.78 is 0. The number of anilines is 1. The van der Waals surface area contributed by atoms with Gasteiger partial charge in [0.2, 0.25) is 0 Å². The van der Waals surface area contributed by atoms with Crippen molar-refractivity contribution >= 4 is 33.3 Å². The second-order valence-corrected chi connectivity index (χ2v) is 6.87. The standard InChI is InChI=1S/C15H19N3O2S/c1-8-9(2)21-14-12(8)13(16-7-17-14)18-11-6-4-3-5-10(11)15(19)20/h7,10-11H,3-6H2,1-2H3,(H,19,20)(H,16,17,18). The highest BCUT2D eigenvalue weighted by molar-refractivity contribution is 7.18. The summed E-state index contributed by atoms with van der Waals surface area (Å²) in [6.45, 7) is 4.14. The molecule has 1 fully saturated rings. The highest BCUT2D eigenvalue weighted by atomic mass is 32.1. The lowest BCUT2D eigenvalue weighted by Gasteiger charge is -2.29. The van der Waals surface area contributed by atoms with Gasteiger partial charge in [-0.2, -0.15) is 0 Å². The van der Waals surface area contributed by atoms with Gasteiger partial charge in [-0.15, -0.1) is 11.3 Å². The van der Waals surface area contributed by atoms with Gasteiger partial charge in [0.15, 0.2) is 0 Å². The number of hydrogen-bond acceptors (Lipinski definition) is 5. The maximum atomic E-state index is 11.4. The molecule has 112 valence electrons. The van der Waals surface area contributed by atoms with Gasteiger partial charge in [-0.3, -0.25) is 4.79 Å². The number of rotatable bonds is 3. The third kappa shape index (κ3) is 2.60. The number of carboxylic acid groups (broad SMARTS) is 1. The second kappa shape index (κ2) is 5.60. The maximum absolute atomic E-state index is 11.4. The van der Waals surface area contributed by atoms with E-state index in [1.165, 1.54) is 10.4 Å². The molecule has 2 unspecified atom stereocenters. The van der Waals surface area contributed by atoms with Crippen LogP contribution in [0.4, 0.5) is 5.82 Å². The summed E-state index contributed by atoms with van der Waals surface area (Å²) >= 11 is 1.65. The molecule has 0 aliphatic heterocycles. The Morgan fingerprint density at radius 1 is 1.33 bits per heavy atom. The Balaban J connectivity index is 1.95. The van der Waals surface area contributed by atoms with Crippen LogP contribution in [0, 0.1) is 19.8 Å². The molecule has 1 saturated carbocycles. The summed E-state index contributed by atoms with van der Waals surface area (Å²) in [6, 6.07) is -0.0473. The zero-order valence-corrected chi connectivity index (χ0v) is 13.0. The van der Waals surface area contributed by atoms with Crippen LogP contribution < -0.4 is 5.32 Å². The molecule has 1 aliphatic rings. The minimum Gasteiger partial charge on any atom is -0.481 e. The van der Waals surface area contributed by atoms with E-state index in [0.717, 1.165) is 41.7 Å². The Hall–Kier alpha value is -1.69. The van der Waals surface area contributed by atoms with Crippen LogP contribution in [0.15, 0.2) is 6.33 Å². The molecule has 0 radical (unpaired) electrons. The van der Waals surface area contributed by atoms with E-state index in [-0.39, 0.29) is 12.0 Å². The summed E-state index contributed by atoms with van der Waals surface area (Å²) in [4.78, 5) is 22.3. The Kier molecular flexibility index (Phi) is 3.80. The van der Waals surface area contributed by atoms with E-state index >= 15 is 0 Å². The number of aromatic nitrogens is 2. The molecule has 2 heterocycles. The summed E-state index contributed by atoms with van der Waals surface area (Å²) in [5.74, 6) is -0.264. The maximum Gasteiger partial charge on any atom is 0.308 e. The molecule has 2 aromatic rings. The Morgan fingerprint density at radius 2 is 2.10 bits per heavy atom. The van der Waals surface area contributed by atoms with Gasteiger partial charge in [0.25, 0.3) is 0 Å². The second-order valence-electron chi connectivity index (χ2n) is 5.67. The Labute approximate surface area is 127 Å². The van der Waals surface area contributed by atoms with Gasteiger partial charge in [0, 0.05) is 10.9 Å². The number of carbonyl (C=O) groups is 1. The average molecular weight is 305 g/mol. The van der Waals surface area contributed by atoms with Gasteiger partial charge < -0.3 is 10.4 Å². The van der Waals surface area contributed by atoms with Crippen molar-refractivity contribution in [2.24, 2.45) is 5.92 Å². The van der Waals surface area contributed by atoms with Crippen molar-refractivity contribution in [2.45, 2.75) is 45.6 Å². The van der Waals surface area contributed by atoms with E-state index in [9.17, 15) is 9.90 Å². The van der Waals surface area contributed by atoms with Crippen molar-refractivity contribution in [2.75, 3.05) is 5.32 Å². The molecule has 1 aliphatic carbocycles. The van der Waals surface area contributed by atoms with Crippen molar-refractivity contribution in [1.82, 2.24) is 9.97 Å². The largest absolute Gasteiger partial charge is 0.481 e. The smallest absolute Gasteiger partial charge is 0.308 e. The van der Waals surface area contributed by atoms with Crippen molar-refractivity contribution in [1.29, 1.82) is 0 Å². The fourth-order valence-electron chi connectivity index (χ4n) is 3.07. The molecule has 2 aromatic heterocycles. The van der Waals surface area contributed by atoms with Crippen molar-refractivity contribution in [3.8, 4) is 0 Å². The van der Waals surface area contributed by atoms with Crippen LogP contribution in [0.3, 0.4) is 0 Å². The summed E-state index contributed by atoms with van der Waals surface area (Å²) in [5, 5.41) is 13.8. The topological polar surface area (TPSA) is 75.1 Å². The quantitative estimate of drug-likeness (QED) is 0.909. The first-order valence-corrected chi connectivity index (χ1v) is 8.09. The minimum absolute atomic E-state index is 0.0473. The van der Waals surface area contributed by atoms with Gasteiger partial charge in [0.05, 0.1) is 11.3 Å². The highest BCUT2D eigenvalue weighted by Crippen LogP contribution is 2.34. The van der Waals surface area contributed by atoms with Gasteiger partial charge in [0.1, 0.15) is 17.0 Å². The SMILES string of the molecule is Cc1sc2ncnc(NC3CCCCC3C(=O)O)c2c1C. The van der Waals surface area contributed by atoms with Crippen molar-refractivity contribution in [3.63, 3.8) is 0 Å². The Bertz CT molecular complexity index is 683. The fourth-order valence-corrected chi connectivity index (χ4v) is 4.06. The average Bonchev–Trinajstić information content (AvgIpc) is 2.75. The molecule has 3 rings (SSSR count). The Morgan fingerprint density at radius 3 is 2.86 bits per heavy atom. The van der Waals surface area contributed by atoms with Crippen LogP contribution in [0.5, 0.6) is 0 Å². The predicted molar refractivity (Wildman–Crippen MR) is 83.9 cm³/mol. The number of fused-ring (bicyclic) bond motifs is 1. The molecule has 0 saturated heterocycles. The molecule has 0 bridgehead atoms. The van der Waals surface area contributed by atoms with E-state index in [1.54, 1.807) is 17.7 Å². The van der Waals surface area contributed by atoms with E-state index in [0.29, 0.717) is 0 Å². The molecule has 5 nitrogen and oxygen atoms in total. The number of carboxylic acids is 1. The predicted octanol–water partition coefficient (Wildman–Crippen LogP) is 3.36. The number of thiophene rings is 1. The lowest BCUT2D eigenvalue weighted by molar-refractivity contribution is -0.143. The molecule has 2 N–H and O–H groups in total. The van der Waals surface area contributed by atoms with Crippen LogP contribution >= 0.6 is 11.3 Å². The molecule has 6 heteroatoms. The summed E-state index contributed by atoms with van der Waals surface area (Å²) in [7, 11) is 0. The molecule has 2 atom stereocenters. The first kappa shape index (κ1) is 14.3. The molecule has 0 aromatic carbocycles. The van der Waals surface area contributed by atoms with Crippen molar-refractivity contribution < 1.29 is 9.90 Å². The van der Waals surface area contributed by atoms with Gasteiger partial charge in [-0.05, 0) is 32.3 Å². The first-order chi connectivity index (χ1) is 10.1. The third-order valence-corrected chi connectivity index (χ3v) is 5.49. The van der Waals surface area contributed by atoms with E-state index < -0.39 is 5.97 Å². The minimum atomic E-state index is -0.712. The van der Waals surface area contributed by atoms with Gasteiger partial charge in [-0.25, -0.2) is 9.97 Å². The van der Waals surface area contributed by atoms with Crippen molar-refractivity contribution in [3.05, 3.63) is 16.8 Å². The molecule has 0 amide bonds. The number of hydrogen-bond donors (Lipinski definition) is 2. The fraction of sp³-hybridized carbons (Fsp3) is 0.533. The zero-order valence-electron chi connectivity index (χ0n) is 12.2. The first-order valence-electron chi connectivity index (χ1n) is 7.28. The highest BCUT2D eigenvalue weighted by Gasteiger charge is 2.31. The van der Waals surface area contributed by atoms with Crippen LogP contribution in [-0.2, 0) is 4.79 Å². The van der Waals surface area contributed by atoms with Crippen LogP contribution in [0.25, 0.3) is 10.2 Å². The molecule has 0 spiro atoms. The number of aryl methyl sites for hydroxylation is 2. The van der Waals surface area contributed by atoms with Gasteiger partial charge in [-0.1, -0.05) is 12.8 Å². The summed E-state index contributed by atoms with van der Waals surface area (Å²) in [6.07, 6.45) is 5.23. The number of nitrogens with zero attached hydrogens (tertiary/aromatic N) is 2. The third-order valence-electron chi connectivity index (χ3n) is 4.37. The lowest BCUT2D eigenvalue weighted by Crippen LogP contribution is -2.37. The van der Waals surface area contributed by atoms with E-state index in [1.807, 2.05) is 0 Å². The zero-order chi connectivity index (χ0) is 15.0. The van der Waals surface area contributed by atoms with Crippen LogP contribution in [0.1, 0.15) is 36.1 Å². The number of nitrogens with one attached hydrogen (secondary N) is 1. The number of aliphatic carboxylic acids is 1. The van der Waals surface area contributed by atoms with Gasteiger partial charge >= 0.3 is 5.97 Å². The molecule has 21 heavy (non-hydrogen) atoms. The van der Waals surface area contributed by atoms with Crippen LogP contribution in [0.2, 0.25) is 0 Å². The van der Waals surface area contributed by atoms with Crippen LogP contribution in [-0.4, -0.2) is 27.1 Å². The molecular weight excluding hydrogens is 286 g/mol.